The first kappa shape index (κ1) is 9.80. The van der Waals surface area contributed by atoms with Crippen molar-refractivity contribution in [1.29, 1.82) is 0 Å². The van der Waals surface area contributed by atoms with Gasteiger partial charge in [0.15, 0.2) is 0 Å². The molecule has 0 bridgehead atoms. The Balaban J connectivity index is 2.78. The van der Waals surface area contributed by atoms with Crippen LogP contribution in [0.2, 0.25) is 0 Å². The number of hydrogen-bond acceptors (Lipinski definition) is 4. The SMILES string of the molecule is CCN(CC)c1ccc(NN)nc1. The van der Waals surface area contributed by atoms with Crippen LogP contribution in [-0.4, -0.2) is 18.1 Å². The molecule has 72 valence electrons. The molecule has 0 saturated carbocycles. The molecule has 1 aromatic heterocycles. The first-order valence-electron chi connectivity index (χ1n) is 4.49. The fraction of sp³-hybridized carbons (Fsp3) is 0.444. The van der Waals surface area contributed by atoms with E-state index >= 15 is 0 Å². The van der Waals surface area contributed by atoms with Crippen LogP contribution in [0.25, 0.3) is 0 Å². The Bertz CT molecular complexity index is 240. The lowest BCUT2D eigenvalue weighted by molar-refractivity contribution is 0.862. The van der Waals surface area contributed by atoms with Crippen LogP contribution in [0, 0.1) is 0 Å². The minimum atomic E-state index is 0.691. The summed E-state index contributed by atoms with van der Waals surface area (Å²) in [5, 5.41) is 0. The molecule has 0 spiro atoms. The van der Waals surface area contributed by atoms with Crippen molar-refractivity contribution in [3.8, 4) is 0 Å². The highest BCUT2D eigenvalue weighted by Gasteiger charge is 2.00. The van der Waals surface area contributed by atoms with Gasteiger partial charge >= 0.3 is 0 Å². The van der Waals surface area contributed by atoms with Crippen molar-refractivity contribution in [2.75, 3.05) is 23.4 Å². The molecule has 13 heavy (non-hydrogen) atoms. The molecule has 0 aliphatic rings. The van der Waals surface area contributed by atoms with Crippen molar-refractivity contribution in [3.63, 3.8) is 0 Å². The van der Waals surface area contributed by atoms with Gasteiger partial charge in [-0.3, -0.25) is 0 Å². The Kier molecular flexibility index (Phi) is 3.52. The zero-order valence-electron chi connectivity index (χ0n) is 8.12. The van der Waals surface area contributed by atoms with Gasteiger partial charge in [-0.25, -0.2) is 10.8 Å². The molecule has 0 aliphatic heterocycles. The average molecular weight is 180 g/mol. The van der Waals surface area contributed by atoms with Gasteiger partial charge in [-0.1, -0.05) is 0 Å². The maximum absolute atomic E-state index is 5.21. The van der Waals surface area contributed by atoms with Crippen molar-refractivity contribution in [1.82, 2.24) is 4.98 Å². The van der Waals surface area contributed by atoms with Crippen molar-refractivity contribution in [2.24, 2.45) is 5.84 Å². The Morgan fingerprint density at radius 2 is 2.08 bits per heavy atom. The molecule has 0 unspecified atom stereocenters. The Hall–Kier alpha value is -1.29. The number of rotatable bonds is 4. The summed E-state index contributed by atoms with van der Waals surface area (Å²) in [6.07, 6.45) is 1.82. The molecule has 1 aromatic rings. The Labute approximate surface area is 78.7 Å². The summed E-state index contributed by atoms with van der Waals surface area (Å²) in [5.41, 5.74) is 3.63. The van der Waals surface area contributed by atoms with Crippen molar-refractivity contribution < 1.29 is 0 Å². The second-order valence-electron chi connectivity index (χ2n) is 2.72. The van der Waals surface area contributed by atoms with E-state index in [-0.39, 0.29) is 0 Å². The average Bonchev–Trinajstić information content (AvgIpc) is 2.21. The van der Waals surface area contributed by atoms with E-state index in [1.165, 1.54) is 0 Å². The van der Waals surface area contributed by atoms with Crippen LogP contribution in [0.15, 0.2) is 18.3 Å². The zero-order chi connectivity index (χ0) is 9.68. The maximum Gasteiger partial charge on any atom is 0.140 e. The van der Waals surface area contributed by atoms with E-state index < -0.39 is 0 Å². The van der Waals surface area contributed by atoms with E-state index in [1.807, 2.05) is 18.3 Å². The molecule has 3 N–H and O–H groups in total. The molecule has 0 aliphatic carbocycles. The third kappa shape index (κ3) is 2.32. The van der Waals surface area contributed by atoms with Crippen molar-refractivity contribution in [3.05, 3.63) is 18.3 Å². The van der Waals surface area contributed by atoms with Gasteiger partial charge in [0.05, 0.1) is 11.9 Å². The third-order valence-electron chi connectivity index (χ3n) is 2.02. The lowest BCUT2D eigenvalue weighted by Crippen LogP contribution is -2.22. The summed E-state index contributed by atoms with van der Waals surface area (Å²) < 4.78 is 0. The highest BCUT2D eigenvalue weighted by Crippen LogP contribution is 2.13. The maximum atomic E-state index is 5.21. The number of nitrogens with zero attached hydrogens (tertiary/aromatic N) is 2. The van der Waals surface area contributed by atoms with Gasteiger partial charge in [0, 0.05) is 13.1 Å². The molecular weight excluding hydrogens is 164 g/mol. The smallest absolute Gasteiger partial charge is 0.140 e. The number of hydrogen-bond donors (Lipinski definition) is 2. The largest absolute Gasteiger partial charge is 0.371 e. The van der Waals surface area contributed by atoms with E-state index in [0.717, 1.165) is 18.8 Å². The van der Waals surface area contributed by atoms with Crippen LogP contribution in [0.5, 0.6) is 0 Å². The summed E-state index contributed by atoms with van der Waals surface area (Å²) >= 11 is 0. The van der Waals surface area contributed by atoms with Gasteiger partial charge < -0.3 is 10.3 Å². The zero-order valence-corrected chi connectivity index (χ0v) is 8.12. The fourth-order valence-corrected chi connectivity index (χ4v) is 1.25. The minimum Gasteiger partial charge on any atom is -0.371 e. The van der Waals surface area contributed by atoms with Gasteiger partial charge in [0.1, 0.15) is 5.82 Å². The van der Waals surface area contributed by atoms with Crippen LogP contribution in [0.1, 0.15) is 13.8 Å². The van der Waals surface area contributed by atoms with E-state index in [1.54, 1.807) is 0 Å². The summed E-state index contributed by atoms with van der Waals surface area (Å²) in [6.45, 7) is 6.23. The third-order valence-corrected chi connectivity index (χ3v) is 2.02. The number of aromatic nitrogens is 1. The molecule has 0 amide bonds. The van der Waals surface area contributed by atoms with Crippen LogP contribution in [0.4, 0.5) is 11.5 Å². The predicted molar refractivity (Wildman–Crippen MR) is 55.6 cm³/mol. The number of anilines is 2. The number of nitrogens with one attached hydrogen (secondary N) is 1. The molecule has 0 fully saturated rings. The summed E-state index contributed by atoms with van der Waals surface area (Å²) in [6, 6.07) is 3.88. The normalized spacial score (nSPS) is 9.77. The number of nitrogens with two attached hydrogens (primary N) is 1. The van der Waals surface area contributed by atoms with Gasteiger partial charge in [-0.2, -0.15) is 0 Å². The minimum absolute atomic E-state index is 0.691. The summed E-state index contributed by atoms with van der Waals surface area (Å²) in [4.78, 5) is 6.37. The lowest BCUT2D eigenvalue weighted by Gasteiger charge is -2.20. The van der Waals surface area contributed by atoms with Crippen LogP contribution < -0.4 is 16.2 Å². The topological polar surface area (TPSA) is 54.2 Å². The van der Waals surface area contributed by atoms with E-state index in [0.29, 0.717) is 5.82 Å². The first-order chi connectivity index (χ1) is 6.31. The van der Waals surface area contributed by atoms with Crippen molar-refractivity contribution >= 4 is 11.5 Å². The Morgan fingerprint density at radius 3 is 2.46 bits per heavy atom. The van der Waals surface area contributed by atoms with E-state index in [9.17, 15) is 0 Å². The number of pyridine rings is 1. The van der Waals surface area contributed by atoms with Gasteiger partial charge in [0.2, 0.25) is 0 Å². The first-order valence-corrected chi connectivity index (χ1v) is 4.49. The van der Waals surface area contributed by atoms with Gasteiger partial charge in [0.25, 0.3) is 0 Å². The second-order valence-corrected chi connectivity index (χ2v) is 2.72. The monoisotopic (exact) mass is 180 g/mol. The molecule has 0 saturated heterocycles. The second kappa shape index (κ2) is 4.67. The molecule has 1 heterocycles. The van der Waals surface area contributed by atoms with Crippen LogP contribution in [-0.2, 0) is 0 Å². The van der Waals surface area contributed by atoms with Gasteiger partial charge in [-0.15, -0.1) is 0 Å². The van der Waals surface area contributed by atoms with Crippen LogP contribution >= 0.6 is 0 Å². The quantitative estimate of drug-likeness (QED) is 0.540. The molecule has 4 nitrogen and oxygen atoms in total. The fourth-order valence-electron chi connectivity index (χ4n) is 1.25. The molecule has 4 heteroatoms. The van der Waals surface area contributed by atoms with Crippen LogP contribution in [0.3, 0.4) is 0 Å². The van der Waals surface area contributed by atoms with E-state index in [4.69, 9.17) is 5.84 Å². The number of nitrogen functional groups attached to an aromatic ring is 1. The molecule has 0 aromatic carbocycles. The molecule has 0 radical (unpaired) electrons. The molecule has 1 rings (SSSR count). The Morgan fingerprint density at radius 1 is 1.38 bits per heavy atom. The molecule has 0 atom stereocenters. The van der Waals surface area contributed by atoms with Crippen molar-refractivity contribution in [2.45, 2.75) is 13.8 Å². The summed E-state index contributed by atoms with van der Waals surface area (Å²) in [7, 11) is 0. The van der Waals surface area contributed by atoms with Gasteiger partial charge in [-0.05, 0) is 26.0 Å². The molecular formula is C9H16N4. The predicted octanol–water partition coefficient (Wildman–Crippen LogP) is 1.21. The lowest BCUT2D eigenvalue weighted by atomic mass is 10.3. The standard InChI is InChI=1S/C9H16N4/c1-3-13(4-2)8-5-6-9(12-10)11-7-8/h5-7H,3-4,10H2,1-2H3,(H,11,12). The highest BCUT2D eigenvalue weighted by molar-refractivity contribution is 5.48. The summed E-state index contributed by atoms with van der Waals surface area (Å²) in [5.74, 6) is 5.91. The highest BCUT2D eigenvalue weighted by atomic mass is 15.2. The van der Waals surface area contributed by atoms with E-state index in [2.05, 4.69) is 29.2 Å². The number of hydrazine groups is 1.